The van der Waals surface area contributed by atoms with Gasteiger partial charge in [-0.3, -0.25) is 19.4 Å². The molecule has 7 nitrogen and oxygen atoms in total. The molecule has 0 radical (unpaired) electrons. The van der Waals surface area contributed by atoms with Gasteiger partial charge in [-0.2, -0.15) is 5.10 Å². The average molecular weight is 376 g/mol. The molecule has 1 aliphatic heterocycles. The summed E-state index contributed by atoms with van der Waals surface area (Å²) in [5, 5.41) is 9.09. The van der Waals surface area contributed by atoms with E-state index in [9.17, 15) is 4.79 Å². The second-order valence-corrected chi connectivity index (χ2v) is 8.21. The van der Waals surface area contributed by atoms with Crippen molar-refractivity contribution < 1.29 is 4.79 Å². The maximum Gasteiger partial charge on any atom is 0.239 e. The first kappa shape index (κ1) is 17.3. The zero-order chi connectivity index (χ0) is 19.1. The van der Waals surface area contributed by atoms with Crippen molar-refractivity contribution in [2.75, 3.05) is 25.0 Å². The molecule has 1 aliphatic carbocycles. The van der Waals surface area contributed by atoms with E-state index in [2.05, 4.69) is 25.3 Å². The maximum absolute atomic E-state index is 12.5. The van der Waals surface area contributed by atoms with Crippen LogP contribution in [-0.4, -0.2) is 50.2 Å². The number of nitrogens with zero attached hydrogens (tertiary/aromatic N) is 5. The Hall–Kier alpha value is -2.80. The van der Waals surface area contributed by atoms with Crippen LogP contribution in [0.3, 0.4) is 0 Å². The molecule has 0 bridgehead atoms. The lowest BCUT2D eigenvalue weighted by atomic mass is 9.94. The molecule has 3 aromatic rings. The van der Waals surface area contributed by atoms with Crippen LogP contribution in [0.15, 0.2) is 36.9 Å². The fourth-order valence-electron chi connectivity index (χ4n) is 4.07. The van der Waals surface area contributed by atoms with Crippen molar-refractivity contribution in [3.8, 4) is 11.3 Å². The van der Waals surface area contributed by atoms with Crippen molar-refractivity contribution in [1.82, 2.24) is 24.6 Å². The fourth-order valence-corrected chi connectivity index (χ4v) is 4.07. The van der Waals surface area contributed by atoms with Crippen LogP contribution >= 0.6 is 0 Å². The van der Waals surface area contributed by atoms with Crippen LogP contribution in [0.2, 0.25) is 0 Å². The van der Waals surface area contributed by atoms with Gasteiger partial charge in [0.1, 0.15) is 5.82 Å². The third-order valence-corrected chi connectivity index (χ3v) is 6.11. The Morgan fingerprint density at radius 3 is 2.57 bits per heavy atom. The van der Waals surface area contributed by atoms with Crippen molar-refractivity contribution in [3.05, 3.63) is 36.9 Å². The predicted molar refractivity (Wildman–Crippen MR) is 108 cm³/mol. The van der Waals surface area contributed by atoms with Crippen LogP contribution in [0.25, 0.3) is 22.0 Å². The number of rotatable bonds is 4. The van der Waals surface area contributed by atoms with Crippen molar-refractivity contribution in [3.63, 3.8) is 0 Å². The SMILES string of the molecule is Cn1cc(-c2cc3cc(NC(=O)CN4CCC5(CC4)CC5)ncc3cn2)cn1. The minimum Gasteiger partial charge on any atom is -0.310 e. The van der Waals surface area contributed by atoms with Crippen molar-refractivity contribution in [2.24, 2.45) is 12.5 Å². The number of aryl methyl sites for hydroxylation is 1. The topological polar surface area (TPSA) is 75.9 Å². The number of carbonyl (C=O) groups is 1. The van der Waals surface area contributed by atoms with E-state index in [4.69, 9.17) is 0 Å². The Balaban J connectivity index is 1.28. The third-order valence-electron chi connectivity index (χ3n) is 6.11. The number of pyridine rings is 2. The monoisotopic (exact) mass is 376 g/mol. The van der Waals surface area contributed by atoms with Crippen molar-refractivity contribution in [2.45, 2.75) is 25.7 Å². The number of aromatic nitrogens is 4. The summed E-state index contributed by atoms with van der Waals surface area (Å²) in [7, 11) is 1.88. The number of carbonyl (C=O) groups excluding carboxylic acids is 1. The van der Waals surface area contributed by atoms with Gasteiger partial charge in [-0.15, -0.1) is 0 Å². The highest BCUT2D eigenvalue weighted by Crippen LogP contribution is 2.53. The number of hydrogen-bond donors (Lipinski definition) is 1. The first-order valence-electron chi connectivity index (χ1n) is 9.86. The number of nitrogens with one attached hydrogen (secondary N) is 1. The van der Waals surface area contributed by atoms with E-state index < -0.39 is 0 Å². The van der Waals surface area contributed by atoms with Gasteiger partial charge in [0.2, 0.25) is 5.91 Å². The summed E-state index contributed by atoms with van der Waals surface area (Å²) in [4.78, 5) is 23.6. The van der Waals surface area contributed by atoms with Crippen LogP contribution < -0.4 is 5.32 Å². The van der Waals surface area contributed by atoms with Gasteiger partial charge in [0, 0.05) is 36.6 Å². The molecule has 28 heavy (non-hydrogen) atoms. The number of fused-ring (bicyclic) bond motifs is 1. The maximum atomic E-state index is 12.5. The van der Waals surface area contributed by atoms with Crippen LogP contribution in [0.4, 0.5) is 5.82 Å². The Morgan fingerprint density at radius 2 is 1.86 bits per heavy atom. The second-order valence-electron chi connectivity index (χ2n) is 8.21. The molecule has 2 aliphatic rings. The van der Waals surface area contributed by atoms with E-state index in [1.165, 1.54) is 25.7 Å². The van der Waals surface area contributed by atoms with E-state index in [-0.39, 0.29) is 5.91 Å². The van der Waals surface area contributed by atoms with Gasteiger partial charge in [0.05, 0.1) is 18.4 Å². The molecule has 1 spiro atoms. The second kappa shape index (κ2) is 6.67. The smallest absolute Gasteiger partial charge is 0.239 e. The van der Waals surface area contributed by atoms with Gasteiger partial charge >= 0.3 is 0 Å². The Labute approximate surface area is 163 Å². The van der Waals surface area contributed by atoms with Crippen molar-refractivity contribution in [1.29, 1.82) is 0 Å². The Kier molecular flexibility index (Phi) is 4.12. The van der Waals surface area contributed by atoms with Crippen LogP contribution in [0.1, 0.15) is 25.7 Å². The average Bonchev–Trinajstić information content (AvgIpc) is 3.31. The molecule has 1 N–H and O–H groups in total. The molecule has 1 saturated carbocycles. The minimum atomic E-state index is 0.000126. The van der Waals surface area contributed by atoms with E-state index >= 15 is 0 Å². The lowest BCUT2D eigenvalue weighted by molar-refractivity contribution is -0.117. The highest BCUT2D eigenvalue weighted by atomic mass is 16.2. The van der Waals surface area contributed by atoms with Crippen LogP contribution in [0.5, 0.6) is 0 Å². The van der Waals surface area contributed by atoms with Gasteiger partial charge in [0.15, 0.2) is 0 Å². The Bertz CT molecular complexity index is 1030. The summed E-state index contributed by atoms with van der Waals surface area (Å²) in [6.07, 6.45) is 12.5. The molecule has 5 rings (SSSR count). The van der Waals surface area contributed by atoms with Gasteiger partial charge in [-0.05, 0) is 61.7 Å². The predicted octanol–water partition coefficient (Wildman–Crippen LogP) is 2.84. The van der Waals surface area contributed by atoms with E-state index in [1.807, 2.05) is 25.4 Å². The normalized spacial score (nSPS) is 18.5. The molecule has 144 valence electrons. The van der Waals surface area contributed by atoms with E-state index in [1.54, 1.807) is 23.3 Å². The molecule has 0 unspecified atom stereocenters. The molecule has 1 amide bonds. The number of piperidine rings is 1. The summed E-state index contributed by atoms with van der Waals surface area (Å²) < 4.78 is 1.76. The largest absolute Gasteiger partial charge is 0.310 e. The van der Waals surface area contributed by atoms with Gasteiger partial charge in [-0.1, -0.05) is 0 Å². The molecule has 4 heterocycles. The van der Waals surface area contributed by atoms with E-state index in [0.29, 0.717) is 17.8 Å². The molecular weight excluding hydrogens is 352 g/mol. The summed E-state index contributed by atoms with van der Waals surface area (Å²) in [5.41, 5.74) is 2.45. The molecule has 0 atom stereocenters. The molecule has 1 saturated heterocycles. The van der Waals surface area contributed by atoms with Crippen LogP contribution in [0, 0.1) is 5.41 Å². The van der Waals surface area contributed by atoms with E-state index in [0.717, 1.165) is 35.1 Å². The van der Waals surface area contributed by atoms with Gasteiger partial charge < -0.3 is 5.32 Å². The van der Waals surface area contributed by atoms with Gasteiger partial charge in [0.25, 0.3) is 0 Å². The first-order valence-corrected chi connectivity index (χ1v) is 9.86. The number of likely N-dealkylation sites (tertiary alicyclic amines) is 1. The van der Waals surface area contributed by atoms with Crippen LogP contribution in [-0.2, 0) is 11.8 Å². The summed E-state index contributed by atoms with van der Waals surface area (Å²) in [6, 6.07) is 3.91. The number of hydrogen-bond acceptors (Lipinski definition) is 5. The van der Waals surface area contributed by atoms with Gasteiger partial charge in [-0.25, -0.2) is 4.98 Å². The fraction of sp³-hybridized carbons (Fsp3) is 0.429. The summed E-state index contributed by atoms with van der Waals surface area (Å²) in [6.45, 7) is 2.49. The highest BCUT2D eigenvalue weighted by molar-refractivity contribution is 5.94. The number of anilines is 1. The lowest BCUT2D eigenvalue weighted by Crippen LogP contribution is -2.39. The molecule has 0 aromatic carbocycles. The summed E-state index contributed by atoms with van der Waals surface area (Å²) >= 11 is 0. The standard InChI is InChI=1S/C21H24N6O/c1-26-13-17(12-24-26)18-8-15-9-19(23-11-16(15)10-22-18)25-20(28)14-27-6-4-21(2-3-21)5-7-27/h8-13H,2-7,14H2,1H3,(H,23,25,28). The highest BCUT2D eigenvalue weighted by Gasteiger charge is 2.44. The minimum absolute atomic E-state index is 0.000126. The molecule has 2 fully saturated rings. The first-order chi connectivity index (χ1) is 13.6. The van der Waals surface area contributed by atoms with Crippen molar-refractivity contribution >= 4 is 22.5 Å². The zero-order valence-corrected chi connectivity index (χ0v) is 16.1. The number of amides is 1. The zero-order valence-electron chi connectivity index (χ0n) is 16.1. The Morgan fingerprint density at radius 1 is 1.07 bits per heavy atom. The molecule has 7 heteroatoms. The lowest BCUT2D eigenvalue weighted by Gasteiger charge is -2.31. The third kappa shape index (κ3) is 3.49. The molecular formula is C21H24N6O. The quantitative estimate of drug-likeness (QED) is 0.758. The summed E-state index contributed by atoms with van der Waals surface area (Å²) in [5.74, 6) is 0.580. The molecule has 3 aromatic heterocycles.